The number of benzene rings is 2. The van der Waals surface area contributed by atoms with Crippen molar-refractivity contribution in [1.82, 2.24) is 0 Å². The molecule has 156 valence electrons. The fraction of sp³-hybridized carbons (Fsp3) is 0. The molecule has 0 bridgehead atoms. The van der Waals surface area contributed by atoms with Gasteiger partial charge in [0, 0.05) is 0 Å². The monoisotopic (exact) mass is 420 g/mol. The number of carboxylic acid groups (broad SMARTS) is 6. The summed E-state index contributed by atoms with van der Waals surface area (Å²) in [5, 5.41) is 51.9. The summed E-state index contributed by atoms with van der Waals surface area (Å²) in [6, 6.07) is 5.96. The van der Waals surface area contributed by atoms with Crippen LogP contribution in [0.1, 0.15) is 62.1 Å². The number of rotatable bonds is 6. The Bertz CT molecular complexity index is 956. The highest BCUT2D eigenvalue weighted by Gasteiger charge is 2.23. The number of aromatic carboxylic acids is 6. The third-order valence-electron chi connectivity index (χ3n) is 3.41. The molecule has 30 heavy (non-hydrogen) atoms. The Morgan fingerprint density at radius 3 is 0.967 bits per heavy atom. The minimum atomic E-state index is -1.58. The molecule has 0 atom stereocenters. The van der Waals surface area contributed by atoms with Crippen LogP contribution in [-0.2, 0) is 0 Å². The highest BCUT2D eigenvalue weighted by Crippen LogP contribution is 2.15. The molecule has 0 aromatic heterocycles. The molecule has 0 aliphatic carbocycles. The summed E-state index contributed by atoms with van der Waals surface area (Å²) in [5.74, 6) is -8.65. The molecule has 0 spiro atoms. The van der Waals surface area contributed by atoms with E-state index < -0.39 is 52.5 Å². The van der Waals surface area contributed by atoms with Crippen LogP contribution in [0.15, 0.2) is 36.4 Å². The van der Waals surface area contributed by atoms with Gasteiger partial charge in [0.2, 0.25) is 0 Å². The highest BCUT2D eigenvalue weighted by atomic mass is 16.4. The van der Waals surface area contributed by atoms with Crippen LogP contribution in [-0.4, -0.2) is 66.5 Å². The first-order valence-corrected chi connectivity index (χ1v) is 7.54. The van der Waals surface area contributed by atoms with Crippen LogP contribution in [0.2, 0.25) is 0 Å². The van der Waals surface area contributed by atoms with Gasteiger partial charge in [-0.2, -0.15) is 0 Å². The summed E-state index contributed by atoms with van der Waals surface area (Å²) in [5.41, 5.74) is -2.89. The molecule has 0 saturated carbocycles. The first-order valence-electron chi connectivity index (χ1n) is 7.54. The highest BCUT2D eigenvalue weighted by molar-refractivity contribution is 6.09. The molecular formula is C18H12O12. The lowest BCUT2D eigenvalue weighted by atomic mass is 10.0. The van der Waals surface area contributed by atoms with Crippen LogP contribution in [0, 0.1) is 0 Å². The second-order valence-electron chi connectivity index (χ2n) is 5.36. The molecule has 2 aromatic rings. The lowest BCUT2D eigenvalue weighted by molar-refractivity contribution is 0.0632. The van der Waals surface area contributed by atoms with Crippen molar-refractivity contribution in [1.29, 1.82) is 0 Å². The van der Waals surface area contributed by atoms with E-state index in [1.165, 1.54) is 6.07 Å². The standard InChI is InChI=1S/2C9H6O6/c10-7(11)4-1-5(8(12)13)3-6(2-4)9(14)15;10-7(11)4-2-1-3-5(8(12)13)6(4)9(14)15/h2*1-3H,(H,10,11)(H,12,13)(H,14,15). The quantitative estimate of drug-likeness (QED) is 0.391. The molecule has 12 heteroatoms. The van der Waals surface area contributed by atoms with Gasteiger partial charge in [0.05, 0.1) is 33.4 Å². The Kier molecular flexibility index (Phi) is 7.34. The normalized spacial score (nSPS) is 9.60. The topological polar surface area (TPSA) is 224 Å². The van der Waals surface area contributed by atoms with Crippen molar-refractivity contribution in [3.05, 3.63) is 69.8 Å². The Morgan fingerprint density at radius 1 is 0.467 bits per heavy atom. The Hall–Kier alpha value is -4.74. The average Bonchev–Trinajstić information content (AvgIpc) is 2.67. The first-order chi connectivity index (χ1) is 13.9. The lowest BCUT2D eigenvalue weighted by Gasteiger charge is -2.04. The van der Waals surface area contributed by atoms with Gasteiger partial charge in [0.25, 0.3) is 0 Å². The molecular weight excluding hydrogens is 408 g/mol. The summed E-state index contributed by atoms with van der Waals surface area (Å²) in [6.07, 6.45) is 0. The SMILES string of the molecule is O=C(O)c1cc(C(=O)O)cc(C(=O)O)c1.O=C(O)c1cccc(C(=O)O)c1C(=O)O. The predicted octanol–water partition coefficient (Wildman–Crippen LogP) is 1.56. The zero-order valence-electron chi connectivity index (χ0n) is 14.6. The van der Waals surface area contributed by atoms with Crippen molar-refractivity contribution in [2.75, 3.05) is 0 Å². The fourth-order valence-corrected chi connectivity index (χ4v) is 2.14. The minimum Gasteiger partial charge on any atom is -0.478 e. The summed E-state index contributed by atoms with van der Waals surface area (Å²) in [4.78, 5) is 63.7. The Balaban J connectivity index is 0.000000300. The van der Waals surface area contributed by atoms with Crippen molar-refractivity contribution >= 4 is 35.8 Å². The molecule has 6 N–H and O–H groups in total. The van der Waals surface area contributed by atoms with E-state index in [0.717, 1.165) is 30.3 Å². The van der Waals surface area contributed by atoms with E-state index in [0.29, 0.717) is 0 Å². The number of hydrogen-bond donors (Lipinski definition) is 6. The molecule has 0 unspecified atom stereocenters. The van der Waals surface area contributed by atoms with Gasteiger partial charge in [-0.1, -0.05) is 6.07 Å². The smallest absolute Gasteiger partial charge is 0.337 e. The fourth-order valence-electron chi connectivity index (χ4n) is 2.14. The molecule has 0 saturated heterocycles. The van der Waals surface area contributed by atoms with Crippen LogP contribution < -0.4 is 0 Å². The minimum absolute atomic E-state index is 0.368. The summed E-state index contributed by atoms with van der Waals surface area (Å²) >= 11 is 0. The van der Waals surface area contributed by atoms with Crippen LogP contribution >= 0.6 is 0 Å². The van der Waals surface area contributed by atoms with Gasteiger partial charge in [-0.25, -0.2) is 28.8 Å². The van der Waals surface area contributed by atoms with Gasteiger partial charge >= 0.3 is 35.8 Å². The molecule has 0 radical (unpaired) electrons. The van der Waals surface area contributed by atoms with Crippen LogP contribution in [0.5, 0.6) is 0 Å². The lowest BCUT2D eigenvalue weighted by Crippen LogP contribution is -2.14. The Labute approximate surface area is 165 Å². The molecule has 12 nitrogen and oxygen atoms in total. The maximum absolute atomic E-state index is 10.7. The third kappa shape index (κ3) is 5.63. The summed E-state index contributed by atoms with van der Waals surface area (Å²) in [7, 11) is 0. The molecule has 2 rings (SSSR count). The molecule has 0 amide bonds. The van der Waals surface area contributed by atoms with Gasteiger partial charge in [0.1, 0.15) is 0 Å². The molecule has 0 fully saturated rings. The zero-order chi connectivity index (χ0) is 23.2. The van der Waals surface area contributed by atoms with E-state index in [4.69, 9.17) is 30.6 Å². The van der Waals surface area contributed by atoms with Gasteiger partial charge in [-0.05, 0) is 30.3 Å². The molecule has 0 heterocycles. The van der Waals surface area contributed by atoms with E-state index in [2.05, 4.69) is 0 Å². The van der Waals surface area contributed by atoms with Gasteiger partial charge in [-0.15, -0.1) is 0 Å². The Morgan fingerprint density at radius 2 is 0.767 bits per heavy atom. The molecule has 0 aliphatic heterocycles. The average molecular weight is 420 g/mol. The van der Waals surface area contributed by atoms with E-state index in [9.17, 15) is 28.8 Å². The summed E-state index contributed by atoms with van der Waals surface area (Å²) < 4.78 is 0. The number of carboxylic acids is 6. The maximum Gasteiger partial charge on any atom is 0.337 e. The van der Waals surface area contributed by atoms with E-state index >= 15 is 0 Å². The maximum atomic E-state index is 10.7. The van der Waals surface area contributed by atoms with Gasteiger partial charge < -0.3 is 30.6 Å². The first kappa shape index (κ1) is 23.3. The van der Waals surface area contributed by atoms with Crippen LogP contribution in [0.4, 0.5) is 0 Å². The van der Waals surface area contributed by atoms with Gasteiger partial charge in [0.15, 0.2) is 0 Å². The zero-order valence-corrected chi connectivity index (χ0v) is 14.6. The predicted molar refractivity (Wildman–Crippen MR) is 94.6 cm³/mol. The number of carbonyl (C=O) groups is 6. The second kappa shape index (κ2) is 9.45. The number of hydrogen-bond acceptors (Lipinski definition) is 6. The van der Waals surface area contributed by atoms with E-state index in [-0.39, 0.29) is 16.7 Å². The third-order valence-corrected chi connectivity index (χ3v) is 3.41. The van der Waals surface area contributed by atoms with Crippen molar-refractivity contribution < 1.29 is 59.4 Å². The molecule has 2 aromatic carbocycles. The van der Waals surface area contributed by atoms with Crippen LogP contribution in [0.3, 0.4) is 0 Å². The second-order valence-corrected chi connectivity index (χ2v) is 5.36. The van der Waals surface area contributed by atoms with Crippen molar-refractivity contribution in [3.63, 3.8) is 0 Å². The van der Waals surface area contributed by atoms with E-state index in [1.807, 2.05) is 0 Å². The largest absolute Gasteiger partial charge is 0.478 e. The van der Waals surface area contributed by atoms with Crippen molar-refractivity contribution in [3.8, 4) is 0 Å². The van der Waals surface area contributed by atoms with E-state index in [1.54, 1.807) is 0 Å². The van der Waals surface area contributed by atoms with Crippen LogP contribution in [0.25, 0.3) is 0 Å². The van der Waals surface area contributed by atoms with Gasteiger partial charge in [-0.3, -0.25) is 0 Å². The summed E-state index contributed by atoms with van der Waals surface area (Å²) in [6.45, 7) is 0. The van der Waals surface area contributed by atoms with Crippen molar-refractivity contribution in [2.45, 2.75) is 0 Å². The van der Waals surface area contributed by atoms with Crippen molar-refractivity contribution in [2.24, 2.45) is 0 Å². The molecule has 0 aliphatic rings.